The number of benzene rings is 3. The van der Waals surface area contributed by atoms with E-state index >= 15 is 0 Å². The van der Waals surface area contributed by atoms with Crippen molar-refractivity contribution >= 4 is 16.7 Å². The molecule has 5 rings (SSSR count). The van der Waals surface area contributed by atoms with Crippen LogP contribution in [0.15, 0.2) is 66.7 Å². The van der Waals surface area contributed by atoms with Crippen LogP contribution in [0.25, 0.3) is 22.0 Å². The molecule has 1 aliphatic heterocycles. The summed E-state index contributed by atoms with van der Waals surface area (Å²) in [6, 6.07) is 23.5. The fourth-order valence-corrected chi connectivity index (χ4v) is 4.06. The third-order valence-corrected chi connectivity index (χ3v) is 5.54. The SMILES string of the molecule is N#Cc1ccccc1C(=O)N1CCc2[nH]nc(-c3cccc4ccccc34)c2C1. The molecule has 0 saturated carbocycles. The van der Waals surface area contributed by atoms with Gasteiger partial charge in [0.1, 0.15) is 0 Å². The summed E-state index contributed by atoms with van der Waals surface area (Å²) in [4.78, 5) is 14.9. The highest BCUT2D eigenvalue weighted by Crippen LogP contribution is 2.33. The molecule has 140 valence electrons. The number of hydrogen-bond donors (Lipinski definition) is 1. The third-order valence-electron chi connectivity index (χ3n) is 5.54. The Bertz CT molecular complexity index is 1280. The molecule has 4 aromatic rings. The van der Waals surface area contributed by atoms with E-state index in [2.05, 4.69) is 40.5 Å². The van der Waals surface area contributed by atoms with Gasteiger partial charge in [0, 0.05) is 36.3 Å². The number of carbonyl (C=O) groups excluding carboxylic acids is 1. The van der Waals surface area contributed by atoms with Crippen LogP contribution in [0.3, 0.4) is 0 Å². The molecule has 0 unspecified atom stereocenters. The Morgan fingerprint density at radius 1 is 1.03 bits per heavy atom. The van der Waals surface area contributed by atoms with Crippen LogP contribution in [0, 0.1) is 11.3 Å². The highest BCUT2D eigenvalue weighted by Gasteiger charge is 2.27. The van der Waals surface area contributed by atoms with E-state index in [4.69, 9.17) is 0 Å². The van der Waals surface area contributed by atoms with Crippen molar-refractivity contribution in [2.45, 2.75) is 13.0 Å². The molecular weight excluding hydrogens is 360 g/mol. The van der Waals surface area contributed by atoms with Gasteiger partial charge in [-0.1, -0.05) is 54.6 Å². The Labute approximate surface area is 168 Å². The van der Waals surface area contributed by atoms with Crippen molar-refractivity contribution in [3.05, 3.63) is 89.1 Å². The van der Waals surface area contributed by atoms with E-state index in [-0.39, 0.29) is 5.91 Å². The number of carbonyl (C=O) groups is 1. The van der Waals surface area contributed by atoms with Gasteiger partial charge in [-0.2, -0.15) is 10.4 Å². The van der Waals surface area contributed by atoms with E-state index in [0.717, 1.165) is 33.3 Å². The second kappa shape index (κ2) is 6.92. The zero-order valence-corrected chi connectivity index (χ0v) is 15.7. The Kier molecular flexibility index (Phi) is 4.10. The molecule has 1 N–H and O–H groups in total. The molecule has 3 aromatic carbocycles. The molecule has 5 heteroatoms. The molecule has 1 amide bonds. The van der Waals surface area contributed by atoms with Gasteiger partial charge in [-0.05, 0) is 22.9 Å². The Morgan fingerprint density at radius 3 is 2.72 bits per heavy atom. The Morgan fingerprint density at radius 2 is 1.83 bits per heavy atom. The second-order valence-corrected chi connectivity index (χ2v) is 7.19. The van der Waals surface area contributed by atoms with Gasteiger partial charge >= 0.3 is 0 Å². The van der Waals surface area contributed by atoms with Crippen molar-refractivity contribution in [3.63, 3.8) is 0 Å². The highest BCUT2D eigenvalue weighted by atomic mass is 16.2. The summed E-state index contributed by atoms with van der Waals surface area (Å²) in [5.41, 5.74) is 4.94. The minimum Gasteiger partial charge on any atom is -0.334 e. The van der Waals surface area contributed by atoms with Gasteiger partial charge in [-0.25, -0.2) is 0 Å². The number of H-pyrrole nitrogens is 1. The summed E-state index contributed by atoms with van der Waals surface area (Å²) in [5, 5.41) is 19.4. The van der Waals surface area contributed by atoms with Crippen molar-refractivity contribution in [1.82, 2.24) is 15.1 Å². The molecule has 0 atom stereocenters. The molecule has 0 saturated heterocycles. The van der Waals surface area contributed by atoms with Gasteiger partial charge in [0.25, 0.3) is 5.91 Å². The average molecular weight is 378 g/mol. The van der Waals surface area contributed by atoms with Crippen LogP contribution in [0.5, 0.6) is 0 Å². The van der Waals surface area contributed by atoms with E-state index < -0.39 is 0 Å². The smallest absolute Gasteiger partial charge is 0.255 e. The summed E-state index contributed by atoms with van der Waals surface area (Å²) in [6.07, 6.45) is 0.716. The number of nitrogens with one attached hydrogen (secondary N) is 1. The number of rotatable bonds is 2. The second-order valence-electron chi connectivity index (χ2n) is 7.19. The molecule has 0 fully saturated rings. The van der Waals surface area contributed by atoms with Crippen molar-refractivity contribution < 1.29 is 4.79 Å². The lowest BCUT2D eigenvalue weighted by atomic mass is 9.96. The molecule has 2 heterocycles. The molecule has 0 bridgehead atoms. The van der Waals surface area contributed by atoms with Gasteiger partial charge in [0.2, 0.25) is 0 Å². The first kappa shape index (κ1) is 17.2. The molecule has 1 aliphatic rings. The monoisotopic (exact) mass is 378 g/mol. The van der Waals surface area contributed by atoms with Crippen LogP contribution < -0.4 is 0 Å². The van der Waals surface area contributed by atoms with Gasteiger partial charge in [-0.3, -0.25) is 9.89 Å². The van der Waals surface area contributed by atoms with E-state index in [1.165, 1.54) is 0 Å². The van der Waals surface area contributed by atoms with Crippen LogP contribution in [-0.2, 0) is 13.0 Å². The van der Waals surface area contributed by atoms with Gasteiger partial charge in [-0.15, -0.1) is 0 Å². The fourth-order valence-electron chi connectivity index (χ4n) is 4.06. The van der Waals surface area contributed by atoms with Gasteiger partial charge < -0.3 is 4.90 Å². The highest BCUT2D eigenvalue weighted by molar-refractivity contribution is 5.98. The van der Waals surface area contributed by atoms with Crippen LogP contribution in [0.1, 0.15) is 27.2 Å². The van der Waals surface area contributed by atoms with Crippen LogP contribution in [0.2, 0.25) is 0 Å². The van der Waals surface area contributed by atoms with Crippen LogP contribution in [-0.4, -0.2) is 27.5 Å². The lowest BCUT2D eigenvalue weighted by molar-refractivity contribution is 0.0734. The molecule has 5 nitrogen and oxygen atoms in total. The first-order chi connectivity index (χ1) is 14.3. The molecule has 0 radical (unpaired) electrons. The molecular formula is C24H18N4O. The van der Waals surface area contributed by atoms with Crippen molar-refractivity contribution in [1.29, 1.82) is 5.26 Å². The van der Waals surface area contributed by atoms with Crippen molar-refractivity contribution in [2.75, 3.05) is 6.54 Å². The van der Waals surface area contributed by atoms with Crippen LogP contribution >= 0.6 is 0 Å². The summed E-state index contributed by atoms with van der Waals surface area (Å²) in [7, 11) is 0. The zero-order chi connectivity index (χ0) is 19.8. The standard InChI is InChI=1S/C24H18N4O/c25-14-17-7-2-4-10-19(17)24(29)28-13-12-22-21(15-28)23(27-26-22)20-11-5-8-16-6-1-3-9-18(16)20/h1-11H,12-13,15H2,(H,26,27). The lowest BCUT2D eigenvalue weighted by Gasteiger charge is -2.27. The first-order valence-electron chi connectivity index (χ1n) is 9.59. The largest absolute Gasteiger partial charge is 0.334 e. The van der Waals surface area contributed by atoms with E-state index in [1.54, 1.807) is 24.3 Å². The van der Waals surface area contributed by atoms with E-state index in [1.807, 2.05) is 23.1 Å². The first-order valence-corrected chi connectivity index (χ1v) is 9.59. The maximum Gasteiger partial charge on any atom is 0.255 e. The number of aromatic amines is 1. The minimum atomic E-state index is -0.113. The van der Waals surface area contributed by atoms with E-state index in [9.17, 15) is 10.1 Å². The maximum atomic E-state index is 13.1. The molecule has 29 heavy (non-hydrogen) atoms. The lowest BCUT2D eigenvalue weighted by Crippen LogP contribution is -2.36. The fraction of sp³-hybridized carbons (Fsp3) is 0.125. The number of hydrogen-bond acceptors (Lipinski definition) is 3. The predicted molar refractivity (Wildman–Crippen MR) is 111 cm³/mol. The van der Waals surface area contributed by atoms with Gasteiger partial charge in [0.05, 0.1) is 22.9 Å². The Hall–Kier alpha value is -3.91. The molecule has 0 spiro atoms. The Balaban J connectivity index is 1.54. The molecule has 0 aliphatic carbocycles. The number of aromatic nitrogens is 2. The number of nitrogens with zero attached hydrogens (tertiary/aromatic N) is 3. The zero-order valence-electron chi connectivity index (χ0n) is 15.7. The summed E-state index contributed by atoms with van der Waals surface area (Å²) >= 11 is 0. The summed E-state index contributed by atoms with van der Waals surface area (Å²) in [5.74, 6) is -0.113. The number of amides is 1. The quantitative estimate of drug-likeness (QED) is 0.565. The van der Waals surface area contributed by atoms with Crippen LogP contribution in [0.4, 0.5) is 0 Å². The topological polar surface area (TPSA) is 72.8 Å². The predicted octanol–water partition coefficient (Wildman–Crippen LogP) is 4.30. The summed E-state index contributed by atoms with van der Waals surface area (Å²) < 4.78 is 0. The number of nitriles is 1. The maximum absolute atomic E-state index is 13.1. The number of fused-ring (bicyclic) bond motifs is 2. The third kappa shape index (κ3) is 2.86. The van der Waals surface area contributed by atoms with E-state index in [0.29, 0.717) is 30.6 Å². The molecule has 1 aromatic heterocycles. The van der Waals surface area contributed by atoms with Gasteiger partial charge in [0.15, 0.2) is 0 Å². The minimum absolute atomic E-state index is 0.113. The average Bonchev–Trinajstić information content (AvgIpc) is 3.21. The van der Waals surface area contributed by atoms with Crippen molar-refractivity contribution in [2.24, 2.45) is 0 Å². The summed E-state index contributed by atoms with van der Waals surface area (Å²) in [6.45, 7) is 1.08. The van der Waals surface area contributed by atoms with Crippen molar-refractivity contribution in [3.8, 4) is 17.3 Å². The normalized spacial score (nSPS) is 13.1.